The second kappa shape index (κ2) is 6.78. The highest BCUT2D eigenvalue weighted by atomic mass is 35.5. The summed E-state index contributed by atoms with van der Waals surface area (Å²) in [4.78, 5) is 27.0. The van der Waals surface area contributed by atoms with Gasteiger partial charge in [-0.3, -0.25) is 9.59 Å². The maximum Gasteiger partial charge on any atom is 0.293 e. The number of nitrogens with zero attached hydrogens (tertiary/aromatic N) is 4. The Morgan fingerprint density at radius 2 is 1.88 bits per heavy atom. The van der Waals surface area contributed by atoms with Gasteiger partial charge in [0.25, 0.3) is 5.91 Å². The third-order valence-corrected chi connectivity index (χ3v) is 1.44. The van der Waals surface area contributed by atoms with Crippen molar-refractivity contribution in [1.29, 1.82) is 0 Å². The molecule has 0 atom stereocenters. The standard InChI is InChI=1S/C5H7ClN4O.C3H7NO/c1-10(2)4(11)3-7-5(6)9-8-3;1-4(2)3-5/h1-2H3,(H,7,8,9);3H,1-2H3. The van der Waals surface area contributed by atoms with Crippen molar-refractivity contribution in [2.75, 3.05) is 28.2 Å². The van der Waals surface area contributed by atoms with Gasteiger partial charge in [-0.25, -0.2) is 5.10 Å². The van der Waals surface area contributed by atoms with Gasteiger partial charge in [-0.15, -0.1) is 5.10 Å². The molecule has 0 bridgehead atoms. The Balaban J connectivity index is 0.000000385. The molecule has 0 aliphatic carbocycles. The lowest BCUT2D eigenvalue weighted by molar-refractivity contribution is -0.115. The molecular formula is C8H14ClN5O2. The summed E-state index contributed by atoms with van der Waals surface area (Å²) in [6.07, 6.45) is 0.750. The van der Waals surface area contributed by atoms with E-state index in [2.05, 4.69) is 15.2 Å². The quantitative estimate of drug-likeness (QED) is 0.738. The molecule has 1 heterocycles. The number of rotatable bonds is 2. The Hall–Kier alpha value is -1.63. The number of carbonyl (C=O) groups excluding carboxylic acids is 2. The normalized spacial score (nSPS) is 8.81. The minimum atomic E-state index is -0.270. The van der Waals surface area contributed by atoms with Gasteiger partial charge >= 0.3 is 0 Å². The molecule has 1 rings (SSSR count). The lowest BCUT2D eigenvalue weighted by Crippen LogP contribution is -2.22. The number of aromatic amines is 1. The number of carbonyl (C=O) groups is 2. The first kappa shape index (κ1) is 14.4. The van der Waals surface area contributed by atoms with E-state index in [-0.39, 0.29) is 17.0 Å². The lowest BCUT2D eigenvalue weighted by atomic mass is 10.5. The number of H-pyrrole nitrogens is 1. The fourth-order valence-corrected chi connectivity index (χ4v) is 0.660. The van der Waals surface area contributed by atoms with Crippen molar-refractivity contribution < 1.29 is 9.59 Å². The third kappa shape index (κ3) is 5.30. The largest absolute Gasteiger partial charge is 0.351 e. The first-order chi connectivity index (χ1) is 7.38. The van der Waals surface area contributed by atoms with Gasteiger partial charge in [0.2, 0.25) is 17.5 Å². The molecule has 0 aliphatic heterocycles. The van der Waals surface area contributed by atoms with Crippen LogP contribution in [0.3, 0.4) is 0 Å². The number of hydrogen-bond donors (Lipinski definition) is 1. The molecule has 1 aromatic rings. The van der Waals surface area contributed by atoms with Crippen LogP contribution in [0.15, 0.2) is 0 Å². The molecule has 0 radical (unpaired) electrons. The first-order valence-electron chi connectivity index (χ1n) is 4.29. The van der Waals surface area contributed by atoms with E-state index in [1.807, 2.05) is 0 Å². The molecule has 8 heteroatoms. The van der Waals surface area contributed by atoms with Crippen molar-refractivity contribution >= 4 is 23.9 Å². The summed E-state index contributed by atoms with van der Waals surface area (Å²) >= 11 is 5.41. The van der Waals surface area contributed by atoms with E-state index in [4.69, 9.17) is 11.6 Å². The zero-order valence-electron chi connectivity index (χ0n) is 9.56. The summed E-state index contributed by atoms with van der Waals surface area (Å²) in [5.41, 5.74) is 0. The monoisotopic (exact) mass is 247 g/mol. The Morgan fingerprint density at radius 3 is 2.12 bits per heavy atom. The van der Waals surface area contributed by atoms with Crippen LogP contribution in [-0.2, 0) is 4.79 Å². The molecule has 7 nitrogen and oxygen atoms in total. The summed E-state index contributed by atoms with van der Waals surface area (Å²) in [6.45, 7) is 0. The van der Waals surface area contributed by atoms with Crippen LogP contribution in [0.5, 0.6) is 0 Å². The SMILES string of the molecule is CN(C)C(=O)c1n[nH]c(Cl)n1.CN(C)C=O. The molecule has 0 fully saturated rings. The Bertz CT molecular complexity index is 350. The lowest BCUT2D eigenvalue weighted by Gasteiger charge is -2.04. The maximum atomic E-state index is 11.1. The van der Waals surface area contributed by atoms with Crippen LogP contribution in [0.1, 0.15) is 10.6 Å². The van der Waals surface area contributed by atoms with Crippen LogP contribution < -0.4 is 0 Å². The summed E-state index contributed by atoms with van der Waals surface area (Å²) < 4.78 is 0. The molecule has 0 aliphatic rings. The van der Waals surface area contributed by atoms with Gasteiger partial charge in [-0.05, 0) is 11.6 Å². The highest BCUT2D eigenvalue weighted by molar-refractivity contribution is 6.28. The van der Waals surface area contributed by atoms with Gasteiger partial charge in [0.05, 0.1) is 0 Å². The van der Waals surface area contributed by atoms with Crippen molar-refractivity contribution in [2.24, 2.45) is 0 Å². The van der Waals surface area contributed by atoms with Gasteiger partial charge in [0.15, 0.2) is 0 Å². The van der Waals surface area contributed by atoms with Crippen LogP contribution in [0.25, 0.3) is 0 Å². The highest BCUT2D eigenvalue weighted by Crippen LogP contribution is 2.00. The summed E-state index contributed by atoms with van der Waals surface area (Å²) in [6, 6.07) is 0. The molecule has 0 aromatic carbocycles. The average molecular weight is 248 g/mol. The fraction of sp³-hybridized carbons (Fsp3) is 0.500. The fourth-order valence-electron chi connectivity index (χ4n) is 0.538. The second-order valence-corrected chi connectivity index (χ2v) is 3.58. The van der Waals surface area contributed by atoms with Crippen LogP contribution in [-0.4, -0.2) is 65.5 Å². The number of halogens is 1. The van der Waals surface area contributed by atoms with E-state index in [0.717, 1.165) is 6.41 Å². The summed E-state index contributed by atoms with van der Waals surface area (Å²) in [5.74, 6) is -0.187. The van der Waals surface area contributed by atoms with Gasteiger partial charge in [0, 0.05) is 28.2 Å². The van der Waals surface area contributed by atoms with E-state index < -0.39 is 0 Å². The summed E-state index contributed by atoms with van der Waals surface area (Å²) in [7, 11) is 6.61. The van der Waals surface area contributed by atoms with Crippen molar-refractivity contribution in [3.05, 3.63) is 11.1 Å². The average Bonchev–Trinajstić information content (AvgIpc) is 2.64. The van der Waals surface area contributed by atoms with E-state index >= 15 is 0 Å². The Kier molecular flexibility index (Phi) is 6.09. The molecule has 1 N–H and O–H groups in total. The number of nitrogens with one attached hydrogen (secondary N) is 1. The molecule has 16 heavy (non-hydrogen) atoms. The van der Waals surface area contributed by atoms with Gasteiger partial charge < -0.3 is 9.80 Å². The third-order valence-electron chi connectivity index (χ3n) is 1.27. The van der Waals surface area contributed by atoms with Crippen molar-refractivity contribution in [1.82, 2.24) is 25.0 Å². The van der Waals surface area contributed by atoms with Crippen LogP contribution in [0.2, 0.25) is 5.28 Å². The summed E-state index contributed by atoms with van der Waals surface area (Å²) in [5, 5.41) is 6.06. The van der Waals surface area contributed by atoms with E-state index in [0.29, 0.717) is 0 Å². The minimum Gasteiger partial charge on any atom is -0.351 e. The zero-order valence-corrected chi connectivity index (χ0v) is 10.3. The van der Waals surface area contributed by atoms with Crippen molar-refractivity contribution in [2.45, 2.75) is 0 Å². The zero-order chi connectivity index (χ0) is 12.7. The Morgan fingerprint density at radius 1 is 1.38 bits per heavy atom. The molecule has 0 spiro atoms. The molecule has 0 unspecified atom stereocenters. The van der Waals surface area contributed by atoms with Crippen LogP contribution >= 0.6 is 11.6 Å². The number of hydrogen-bond acceptors (Lipinski definition) is 4. The highest BCUT2D eigenvalue weighted by Gasteiger charge is 2.12. The minimum absolute atomic E-state index is 0.0833. The van der Waals surface area contributed by atoms with E-state index in [9.17, 15) is 9.59 Å². The Labute approximate surface area is 98.4 Å². The van der Waals surface area contributed by atoms with Crippen LogP contribution in [0, 0.1) is 0 Å². The second-order valence-electron chi connectivity index (χ2n) is 3.22. The predicted molar refractivity (Wildman–Crippen MR) is 59.2 cm³/mol. The van der Waals surface area contributed by atoms with Crippen molar-refractivity contribution in [3.8, 4) is 0 Å². The van der Waals surface area contributed by atoms with E-state index in [1.54, 1.807) is 28.2 Å². The topological polar surface area (TPSA) is 82.2 Å². The number of amides is 2. The molecule has 0 saturated carbocycles. The van der Waals surface area contributed by atoms with Crippen molar-refractivity contribution in [3.63, 3.8) is 0 Å². The van der Waals surface area contributed by atoms with Gasteiger partial charge in [-0.1, -0.05) is 0 Å². The molecular weight excluding hydrogens is 234 g/mol. The van der Waals surface area contributed by atoms with Crippen LogP contribution in [0.4, 0.5) is 0 Å². The van der Waals surface area contributed by atoms with Gasteiger partial charge in [-0.2, -0.15) is 4.98 Å². The molecule has 90 valence electrons. The smallest absolute Gasteiger partial charge is 0.293 e. The predicted octanol–water partition coefficient (Wildman–Crippen LogP) is -0.136. The van der Waals surface area contributed by atoms with E-state index in [1.165, 1.54) is 9.80 Å². The number of aromatic nitrogens is 3. The van der Waals surface area contributed by atoms with Gasteiger partial charge in [0.1, 0.15) is 0 Å². The molecule has 1 aromatic heterocycles. The maximum absolute atomic E-state index is 11.1. The first-order valence-corrected chi connectivity index (χ1v) is 4.67. The molecule has 2 amide bonds. The molecule has 0 saturated heterocycles.